The number of benzene rings is 2. The van der Waals surface area contributed by atoms with Crippen LogP contribution in [0.2, 0.25) is 0 Å². The molecule has 0 radical (unpaired) electrons. The Kier molecular flexibility index (Phi) is 4.80. The number of thioether (sulfide) groups is 1. The maximum absolute atomic E-state index is 13.3. The second kappa shape index (κ2) is 6.25. The number of nitrogens with two attached hydrogens (primary N) is 1. The van der Waals surface area contributed by atoms with Gasteiger partial charge in [0.1, 0.15) is 10.7 Å². The van der Waals surface area contributed by atoms with Crippen LogP contribution in [0.4, 0.5) is 15.8 Å². The Morgan fingerprint density at radius 3 is 2.67 bits per heavy atom. The SMILES string of the molecule is CSc1cccc(NS(=O)(=O)c2cc(N)c(F)cc2Br)c1. The number of nitrogens with one attached hydrogen (secondary N) is 1. The van der Waals surface area contributed by atoms with Crippen molar-refractivity contribution in [2.45, 2.75) is 9.79 Å². The van der Waals surface area contributed by atoms with Gasteiger partial charge < -0.3 is 5.73 Å². The molecule has 0 bridgehead atoms. The monoisotopic (exact) mass is 390 g/mol. The summed E-state index contributed by atoms with van der Waals surface area (Å²) in [6.07, 6.45) is 1.89. The minimum Gasteiger partial charge on any atom is -0.396 e. The summed E-state index contributed by atoms with van der Waals surface area (Å²) in [6.45, 7) is 0. The molecule has 2 rings (SSSR count). The Morgan fingerprint density at radius 1 is 1.29 bits per heavy atom. The van der Waals surface area contributed by atoms with E-state index in [9.17, 15) is 12.8 Å². The molecule has 0 amide bonds. The van der Waals surface area contributed by atoms with Gasteiger partial charge in [0.2, 0.25) is 0 Å². The third-order valence-corrected chi connectivity index (χ3v) is 5.73. The van der Waals surface area contributed by atoms with Crippen molar-refractivity contribution in [3.63, 3.8) is 0 Å². The third-order valence-electron chi connectivity index (χ3n) is 2.66. The molecule has 0 saturated heterocycles. The molecule has 8 heteroatoms. The first-order valence-electron chi connectivity index (χ1n) is 5.75. The third kappa shape index (κ3) is 3.69. The van der Waals surface area contributed by atoms with Crippen LogP contribution in [0.5, 0.6) is 0 Å². The van der Waals surface area contributed by atoms with Gasteiger partial charge in [0.15, 0.2) is 0 Å². The van der Waals surface area contributed by atoms with Crippen LogP contribution in [0.3, 0.4) is 0 Å². The highest BCUT2D eigenvalue weighted by atomic mass is 79.9. The summed E-state index contributed by atoms with van der Waals surface area (Å²) < 4.78 is 40.6. The molecule has 4 nitrogen and oxygen atoms in total. The zero-order chi connectivity index (χ0) is 15.6. The number of hydrogen-bond donors (Lipinski definition) is 2. The van der Waals surface area contributed by atoms with Gasteiger partial charge in [-0.1, -0.05) is 6.07 Å². The summed E-state index contributed by atoms with van der Waals surface area (Å²) in [5.74, 6) is -0.676. The molecule has 2 aromatic carbocycles. The van der Waals surface area contributed by atoms with Crippen molar-refractivity contribution in [2.75, 3.05) is 16.7 Å². The first-order valence-corrected chi connectivity index (χ1v) is 9.25. The summed E-state index contributed by atoms with van der Waals surface area (Å²) >= 11 is 4.54. The van der Waals surface area contributed by atoms with E-state index in [1.165, 1.54) is 11.8 Å². The molecule has 0 unspecified atom stereocenters. The Morgan fingerprint density at radius 2 is 2.00 bits per heavy atom. The summed E-state index contributed by atoms with van der Waals surface area (Å²) in [4.78, 5) is 0.809. The molecule has 0 aliphatic rings. The van der Waals surface area contributed by atoms with Crippen molar-refractivity contribution in [3.05, 3.63) is 46.7 Å². The topological polar surface area (TPSA) is 72.2 Å². The van der Waals surface area contributed by atoms with Crippen LogP contribution in [0.25, 0.3) is 0 Å². The molecule has 0 aliphatic carbocycles. The summed E-state index contributed by atoms with van der Waals surface area (Å²) in [5, 5.41) is 0. The van der Waals surface area contributed by atoms with E-state index in [-0.39, 0.29) is 15.1 Å². The van der Waals surface area contributed by atoms with Crippen LogP contribution in [0.1, 0.15) is 0 Å². The summed E-state index contributed by atoms with van der Waals surface area (Å²) in [5.41, 5.74) is 5.64. The maximum atomic E-state index is 13.3. The van der Waals surface area contributed by atoms with E-state index in [0.717, 1.165) is 17.0 Å². The molecule has 0 fully saturated rings. The highest BCUT2D eigenvalue weighted by Gasteiger charge is 2.20. The molecule has 0 atom stereocenters. The summed E-state index contributed by atoms with van der Waals surface area (Å²) in [6, 6.07) is 9.08. The zero-order valence-corrected chi connectivity index (χ0v) is 14.1. The highest BCUT2D eigenvalue weighted by Crippen LogP contribution is 2.29. The minimum absolute atomic E-state index is 0.114. The number of halogens is 2. The first-order chi connectivity index (χ1) is 9.83. The second-order valence-corrected chi connectivity index (χ2v) is 7.53. The molecule has 112 valence electrons. The molecule has 3 N–H and O–H groups in total. The van der Waals surface area contributed by atoms with Gasteiger partial charge in [-0.05, 0) is 52.5 Å². The van der Waals surface area contributed by atoms with Crippen molar-refractivity contribution in [1.29, 1.82) is 0 Å². The Balaban J connectivity index is 2.40. The lowest BCUT2D eigenvalue weighted by Crippen LogP contribution is -2.14. The fourth-order valence-corrected chi connectivity index (χ4v) is 4.21. The molecule has 0 heterocycles. The van der Waals surface area contributed by atoms with Crippen LogP contribution in [0.15, 0.2) is 50.7 Å². The molecule has 0 saturated carbocycles. The molecule has 0 spiro atoms. The van der Waals surface area contributed by atoms with Crippen LogP contribution in [0, 0.1) is 5.82 Å². The number of rotatable bonds is 4. The van der Waals surface area contributed by atoms with Crippen molar-refractivity contribution in [3.8, 4) is 0 Å². The van der Waals surface area contributed by atoms with Gasteiger partial charge in [0.05, 0.1) is 5.69 Å². The zero-order valence-electron chi connectivity index (χ0n) is 10.9. The highest BCUT2D eigenvalue weighted by molar-refractivity contribution is 9.10. The van der Waals surface area contributed by atoms with E-state index in [1.54, 1.807) is 18.2 Å². The van der Waals surface area contributed by atoms with Crippen LogP contribution in [-0.4, -0.2) is 14.7 Å². The normalized spacial score (nSPS) is 11.4. The lowest BCUT2D eigenvalue weighted by atomic mass is 10.3. The molecule has 0 aliphatic heterocycles. The fraction of sp³-hybridized carbons (Fsp3) is 0.0769. The lowest BCUT2D eigenvalue weighted by molar-refractivity contribution is 0.599. The largest absolute Gasteiger partial charge is 0.396 e. The van der Waals surface area contributed by atoms with E-state index in [0.29, 0.717) is 5.69 Å². The fourth-order valence-electron chi connectivity index (χ4n) is 1.65. The van der Waals surface area contributed by atoms with E-state index in [2.05, 4.69) is 20.7 Å². The number of hydrogen-bond acceptors (Lipinski definition) is 4. The average molecular weight is 391 g/mol. The standard InChI is InChI=1S/C13H12BrFN2O2S2/c1-20-9-4-2-3-8(5-9)17-21(18,19)13-7-12(16)11(15)6-10(13)14/h2-7,17H,16H2,1H3. The maximum Gasteiger partial charge on any atom is 0.263 e. The van der Waals surface area contributed by atoms with Gasteiger partial charge in [-0.25, -0.2) is 12.8 Å². The molecular formula is C13H12BrFN2O2S2. The van der Waals surface area contributed by atoms with E-state index >= 15 is 0 Å². The molecule has 0 aromatic heterocycles. The lowest BCUT2D eigenvalue weighted by Gasteiger charge is -2.11. The predicted octanol–water partition coefficient (Wildman–Crippen LogP) is 3.69. The van der Waals surface area contributed by atoms with Crippen molar-refractivity contribution in [1.82, 2.24) is 0 Å². The van der Waals surface area contributed by atoms with Gasteiger partial charge in [0.25, 0.3) is 10.0 Å². The van der Waals surface area contributed by atoms with Crippen LogP contribution < -0.4 is 10.5 Å². The number of anilines is 2. The van der Waals surface area contributed by atoms with Crippen LogP contribution in [-0.2, 0) is 10.0 Å². The molecule has 2 aromatic rings. The van der Waals surface area contributed by atoms with Crippen molar-refractivity contribution < 1.29 is 12.8 Å². The Labute approximate surface area is 135 Å². The van der Waals surface area contributed by atoms with Crippen molar-refractivity contribution in [2.24, 2.45) is 0 Å². The number of sulfonamides is 1. The van der Waals surface area contributed by atoms with E-state index in [1.807, 2.05) is 12.3 Å². The van der Waals surface area contributed by atoms with E-state index in [4.69, 9.17) is 5.73 Å². The Bertz CT molecular complexity index is 782. The predicted molar refractivity (Wildman–Crippen MR) is 87.5 cm³/mol. The van der Waals surface area contributed by atoms with Crippen molar-refractivity contribution >= 4 is 49.1 Å². The first kappa shape index (κ1) is 16.1. The van der Waals surface area contributed by atoms with Gasteiger partial charge >= 0.3 is 0 Å². The minimum atomic E-state index is -3.86. The molecular weight excluding hydrogens is 379 g/mol. The quantitative estimate of drug-likeness (QED) is 0.616. The average Bonchev–Trinajstić information content (AvgIpc) is 2.42. The Hall–Kier alpha value is -1.25. The van der Waals surface area contributed by atoms with Gasteiger partial charge in [0, 0.05) is 15.1 Å². The van der Waals surface area contributed by atoms with Gasteiger partial charge in [-0.2, -0.15) is 0 Å². The molecule has 21 heavy (non-hydrogen) atoms. The van der Waals surface area contributed by atoms with Gasteiger partial charge in [-0.3, -0.25) is 4.72 Å². The summed E-state index contributed by atoms with van der Waals surface area (Å²) in [7, 11) is -3.86. The number of nitrogen functional groups attached to an aromatic ring is 1. The van der Waals surface area contributed by atoms with E-state index < -0.39 is 15.8 Å². The van der Waals surface area contributed by atoms with Gasteiger partial charge in [-0.15, -0.1) is 11.8 Å². The smallest absolute Gasteiger partial charge is 0.263 e. The van der Waals surface area contributed by atoms with Crippen LogP contribution >= 0.6 is 27.7 Å². The second-order valence-electron chi connectivity index (χ2n) is 4.14.